The van der Waals surface area contributed by atoms with Crippen LogP contribution < -0.4 is 5.73 Å². The van der Waals surface area contributed by atoms with Crippen LogP contribution in [-0.2, 0) is 0 Å². The lowest BCUT2D eigenvalue weighted by molar-refractivity contribution is 0.170. The first-order valence-electron chi connectivity index (χ1n) is 4.89. The molecule has 2 rings (SSSR count). The summed E-state index contributed by atoms with van der Waals surface area (Å²) >= 11 is 0. The zero-order valence-corrected chi connectivity index (χ0v) is 7.82. The Morgan fingerprint density at radius 2 is 1.92 bits per heavy atom. The third kappa shape index (κ3) is 2.08. The predicted molar refractivity (Wildman–Crippen MR) is 54.4 cm³/mol. The van der Waals surface area contributed by atoms with Crippen LogP contribution in [0.1, 0.15) is 18.0 Å². The fourth-order valence-corrected chi connectivity index (χ4v) is 1.65. The summed E-state index contributed by atoms with van der Waals surface area (Å²) in [7, 11) is 0. The van der Waals surface area contributed by atoms with Gasteiger partial charge in [0, 0.05) is 12.6 Å². The fourth-order valence-electron chi connectivity index (χ4n) is 1.65. The standard InChI is InChI=1S/C11H16N2/c12-11(9-13-7-4-8-13)10-5-2-1-3-6-10/h1-3,5-6,11H,4,7-9,12H2/t11-/m1/s1. The van der Waals surface area contributed by atoms with Gasteiger partial charge in [-0.2, -0.15) is 0 Å². The van der Waals surface area contributed by atoms with Gasteiger partial charge < -0.3 is 10.6 Å². The first-order chi connectivity index (χ1) is 6.36. The van der Waals surface area contributed by atoms with Crippen LogP contribution in [0, 0.1) is 0 Å². The van der Waals surface area contributed by atoms with Crippen molar-refractivity contribution in [1.29, 1.82) is 0 Å². The average Bonchev–Trinajstić information content (AvgIpc) is 2.12. The molecule has 0 aromatic heterocycles. The summed E-state index contributed by atoms with van der Waals surface area (Å²) < 4.78 is 0. The molecule has 1 aromatic carbocycles. The Hall–Kier alpha value is -0.860. The molecule has 1 heterocycles. The molecule has 2 nitrogen and oxygen atoms in total. The Labute approximate surface area is 79.4 Å². The van der Waals surface area contributed by atoms with Gasteiger partial charge in [0.25, 0.3) is 0 Å². The third-order valence-electron chi connectivity index (χ3n) is 2.63. The normalized spacial score (nSPS) is 19.5. The Morgan fingerprint density at radius 3 is 2.46 bits per heavy atom. The summed E-state index contributed by atoms with van der Waals surface area (Å²) in [5, 5.41) is 0. The number of nitrogens with two attached hydrogens (primary N) is 1. The largest absolute Gasteiger partial charge is 0.323 e. The maximum absolute atomic E-state index is 6.06. The van der Waals surface area contributed by atoms with Crippen LogP contribution in [0.5, 0.6) is 0 Å². The van der Waals surface area contributed by atoms with Crippen molar-refractivity contribution in [2.24, 2.45) is 5.73 Å². The molecule has 0 saturated carbocycles. The van der Waals surface area contributed by atoms with E-state index in [1.54, 1.807) is 0 Å². The van der Waals surface area contributed by atoms with E-state index in [0.29, 0.717) is 0 Å². The van der Waals surface area contributed by atoms with E-state index in [-0.39, 0.29) is 6.04 Å². The minimum absolute atomic E-state index is 0.182. The molecule has 2 N–H and O–H groups in total. The summed E-state index contributed by atoms with van der Waals surface area (Å²) in [4.78, 5) is 2.40. The molecule has 0 aliphatic carbocycles. The molecule has 1 aliphatic rings. The van der Waals surface area contributed by atoms with E-state index in [1.807, 2.05) is 18.2 Å². The van der Waals surface area contributed by atoms with E-state index in [9.17, 15) is 0 Å². The van der Waals surface area contributed by atoms with Gasteiger partial charge in [-0.25, -0.2) is 0 Å². The van der Waals surface area contributed by atoms with E-state index in [0.717, 1.165) is 6.54 Å². The van der Waals surface area contributed by atoms with Gasteiger partial charge in [0.05, 0.1) is 0 Å². The van der Waals surface area contributed by atoms with Crippen LogP contribution >= 0.6 is 0 Å². The predicted octanol–water partition coefficient (Wildman–Crippen LogP) is 1.39. The molecule has 0 radical (unpaired) electrons. The van der Waals surface area contributed by atoms with Crippen molar-refractivity contribution in [2.45, 2.75) is 12.5 Å². The van der Waals surface area contributed by atoms with Crippen LogP contribution in [0.25, 0.3) is 0 Å². The molecule has 1 fully saturated rings. The lowest BCUT2D eigenvalue weighted by Gasteiger charge is -2.33. The Balaban J connectivity index is 1.92. The molecule has 0 spiro atoms. The third-order valence-corrected chi connectivity index (χ3v) is 2.63. The molecule has 1 aromatic rings. The molecule has 1 aliphatic heterocycles. The second-order valence-electron chi connectivity index (χ2n) is 3.67. The van der Waals surface area contributed by atoms with Gasteiger partial charge in [-0.1, -0.05) is 30.3 Å². The molecule has 2 heteroatoms. The quantitative estimate of drug-likeness (QED) is 0.754. The molecular weight excluding hydrogens is 160 g/mol. The molecule has 70 valence electrons. The van der Waals surface area contributed by atoms with Crippen LogP contribution in [0.4, 0.5) is 0 Å². The van der Waals surface area contributed by atoms with E-state index >= 15 is 0 Å². The Morgan fingerprint density at radius 1 is 1.23 bits per heavy atom. The van der Waals surface area contributed by atoms with E-state index < -0.39 is 0 Å². The molecule has 1 saturated heterocycles. The number of nitrogens with zero attached hydrogens (tertiary/aromatic N) is 1. The number of hydrogen-bond donors (Lipinski definition) is 1. The smallest absolute Gasteiger partial charge is 0.0424 e. The van der Waals surface area contributed by atoms with Crippen LogP contribution in [0.2, 0.25) is 0 Å². The fraction of sp³-hybridized carbons (Fsp3) is 0.455. The van der Waals surface area contributed by atoms with E-state index in [2.05, 4.69) is 17.0 Å². The monoisotopic (exact) mass is 176 g/mol. The highest BCUT2D eigenvalue weighted by molar-refractivity contribution is 5.18. The summed E-state index contributed by atoms with van der Waals surface area (Å²) in [6.45, 7) is 3.45. The van der Waals surface area contributed by atoms with Crippen LogP contribution in [-0.4, -0.2) is 24.5 Å². The minimum atomic E-state index is 0.182. The van der Waals surface area contributed by atoms with Gasteiger partial charge in [0.15, 0.2) is 0 Å². The highest BCUT2D eigenvalue weighted by Crippen LogP contribution is 2.14. The van der Waals surface area contributed by atoms with Crippen molar-refractivity contribution in [3.05, 3.63) is 35.9 Å². The van der Waals surface area contributed by atoms with Crippen molar-refractivity contribution in [3.8, 4) is 0 Å². The number of likely N-dealkylation sites (tertiary alicyclic amines) is 1. The van der Waals surface area contributed by atoms with Crippen LogP contribution in [0.15, 0.2) is 30.3 Å². The first kappa shape index (κ1) is 8.73. The Bertz CT molecular complexity index is 254. The molecule has 1 atom stereocenters. The zero-order valence-electron chi connectivity index (χ0n) is 7.82. The summed E-state index contributed by atoms with van der Waals surface area (Å²) in [5.74, 6) is 0. The molecule has 0 bridgehead atoms. The van der Waals surface area contributed by atoms with Gasteiger partial charge in [-0.3, -0.25) is 0 Å². The summed E-state index contributed by atoms with van der Waals surface area (Å²) in [5.41, 5.74) is 7.31. The maximum Gasteiger partial charge on any atom is 0.0424 e. The molecule has 13 heavy (non-hydrogen) atoms. The van der Waals surface area contributed by atoms with Gasteiger partial charge >= 0.3 is 0 Å². The van der Waals surface area contributed by atoms with Crippen molar-refractivity contribution >= 4 is 0 Å². The summed E-state index contributed by atoms with van der Waals surface area (Å²) in [6, 6.07) is 10.5. The minimum Gasteiger partial charge on any atom is -0.323 e. The number of benzene rings is 1. The van der Waals surface area contributed by atoms with Crippen LogP contribution in [0.3, 0.4) is 0 Å². The molecular formula is C11H16N2. The average molecular weight is 176 g/mol. The van der Waals surface area contributed by atoms with Crippen molar-refractivity contribution in [3.63, 3.8) is 0 Å². The Kier molecular flexibility index (Phi) is 2.62. The highest BCUT2D eigenvalue weighted by Gasteiger charge is 2.17. The zero-order chi connectivity index (χ0) is 9.10. The van der Waals surface area contributed by atoms with Gasteiger partial charge in [-0.05, 0) is 25.1 Å². The van der Waals surface area contributed by atoms with Crippen molar-refractivity contribution in [2.75, 3.05) is 19.6 Å². The van der Waals surface area contributed by atoms with E-state index in [4.69, 9.17) is 5.73 Å². The lowest BCUT2D eigenvalue weighted by Crippen LogP contribution is -2.41. The van der Waals surface area contributed by atoms with E-state index in [1.165, 1.54) is 25.1 Å². The second-order valence-corrected chi connectivity index (χ2v) is 3.67. The maximum atomic E-state index is 6.06. The van der Waals surface area contributed by atoms with Gasteiger partial charge in [0.1, 0.15) is 0 Å². The first-order valence-corrected chi connectivity index (χ1v) is 4.89. The lowest BCUT2D eigenvalue weighted by atomic mass is 10.1. The van der Waals surface area contributed by atoms with Crippen molar-refractivity contribution < 1.29 is 0 Å². The SMILES string of the molecule is N[C@H](CN1CCC1)c1ccccc1. The highest BCUT2D eigenvalue weighted by atomic mass is 15.2. The number of hydrogen-bond acceptors (Lipinski definition) is 2. The van der Waals surface area contributed by atoms with Gasteiger partial charge in [0.2, 0.25) is 0 Å². The number of rotatable bonds is 3. The molecule has 0 unspecified atom stereocenters. The summed E-state index contributed by atoms with van der Waals surface area (Å²) in [6.07, 6.45) is 1.33. The second kappa shape index (κ2) is 3.90. The van der Waals surface area contributed by atoms with Gasteiger partial charge in [-0.15, -0.1) is 0 Å². The topological polar surface area (TPSA) is 29.3 Å². The molecule has 0 amide bonds. The van der Waals surface area contributed by atoms with Crippen molar-refractivity contribution in [1.82, 2.24) is 4.90 Å².